The van der Waals surface area contributed by atoms with Crippen LogP contribution in [0.4, 0.5) is 0 Å². The van der Waals surface area contributed by atoms with E-state index in [9.17, 15) is 0 Å². The van der Waals surface area contributed by atoms with Crippen molar-refractivity contribution in [1.29, 1.82) is 0 Å². The van der Waals surface area contributed by atoms with Crippen molar-refractivity contribution in [3.05, 3.63) is 41.0 Å². The van der Waals surface area contributed by atoms with Crippen LogP contribution in [0, 0.1) is 0 Å². The van der Waals surface area contributed by atoms with Gasteiger partial charge in [-0.15, -0.1) is 12.4 Å². The van der Waals surface area contributed by atoms with Crippen molar-refractivity contribution in [2.24, 2.45) is 5.73 Å². The number of nitrogens with zero attached hydrogens (tertiary/aromatic N) is 1. The smallest absolute Gasteiger partial charge is 0.167 e. The van der Waals surface area contributed by atoms with Gasteiger partial charge in [0, 0.05) is 23.2 Å². The van der Waals surface area contributed by atoms with Crippen LogP contribution in [0.1, 0.15) is 5.69 Å². The Morgan fingerprint density at radius 3 is 2.47 bits per heavy atom. The summed E-state index contributed by atoms with van der Waals surface area (Å²) < 4.78 is 5.11. The highest BCUT2D eigenvalue weighted by atomic mass is 35.5. The fraction of sp³-hybridized carbons (Fsp3) is 0.100. The maximum Gasteiger partial charge on any atom is 0.167 e. The molecule has 0 radical (unpaired) electrons. The molecule has 0 aliphatic carbocycles. The van der Waals surface area contributed by atoms with Crippen molar-refractivity contribution in [2.75, 3.05) is 0 Å². The summed E-state index contributed by atoms with van der Waals surface area (Å²) in [5.41, 5.74) is 7.11. The zero-order valence-electron chi connectivity index (χ0n) is 7.81. The van der Waals surface area contributed by atoms with Gasteiger partial charge in [-0.25, -0.2) is 0 Å². The van der Waals surface area contributed by atoms with Crippen LogP contribution in [0.2, 0.25) is 5.02 Å². The Bertz CT molecular complexity index is 425. The van der Waals surface area contributed by atoms with Crippen LogP contribution in [0.25, 0.3) is 11.3 Å². The van der Waals surface area contributed by atoms with Crippen LogP contribution in [0.15, 0.2) is 34.9 Å². The van der Waals surface area contributed by atoms with Crippen molar-refractivity contribution in [2.45, 2.75) is 6.54 Å². The van der Waals surface area contributed by atoms with E-state index in [1.165, 1.54) is 0 Å². The summed E-state index contributed by atoms with van der Waals surface area (Å²) >= 11 is 5.77. The second-order valence-corrected chi connectivity index (χ2v) is 3.33. The van der Waals surface area contributed by atoms with E-state index in [-0.39, 0.29) is 12.4 Å². The number of hydrogen-bond donors (Lipinski definition) is 1. The average molecular weight is 245 g/mol. The van der Waals surface area contributed by atoms with Gasteiger partial charge in [0.15, 0.2) is 5.76 Å². The molecule has 15 heavy (non-hydrogen) atoms. The summed E-state index contributed by atoms with van der Waals surface area (Å²) in [4.78, 5) is 0. The van der Waals surface area contributed by atoms with Crippen molar-refractivity contribution < 1.29 is 4.52 Å². The lowest BCUT2D eigenvalue weighted by Crippen LogP contribution is -1.94. The number of halogens is 2. The standard InChI is InChI=1S/C10H9ClN2O.ClH/c11-8-3-1-7(2-4-8)10-5-9(6-12)13-14-10;/h1-5H,6,12H2;1H. The zero-order valence-corrected chi connectivity index (χ0v) is 9.39. The highest BCUT2D eigenvalue weighted by Gasteiger charge is 2.04. The average Bonchev–Trinajstić information content (AvgIpc) is 2.67. The summed E-state index contributed by atoms with van der Waals surface area (Å²) in [6, 6.07) is 9.19. The molecule has 3 nitrogen and oxygen atoms in total. The number of benzene rings is 1. The van der Waals surface area contributed by atoms with Gasteiger partial charge in [0.25, 0.3) is 0 Å². The predicted octanol–water partition coefficient (Wildman–Crippen LogP) is 2.88. The minimum absolute atomic E-state index is 0. The van der Waals surface area contributed by atoms with Crippen molar-refractivity contribution in [3.63, 3.8) is 0 Å². The first-order valence-electron chi connectivity index (χ1n) is 4.21. The van der Waals surface area contributed by atoms with Crippen molar-refractivity contribution >= 4 is 24.0 Å². The van der Waals surface area contributed by atoms with E-state index < -0.39 is 0 Å². The van der Waals surface area contributed by atoms with Crippen LogP contribution in [0.3, 0.4) is 0 Å². The molecule has 2 aromatic rings. The minimum Gasteiger partial charge on any atom is -0.356 e. The Labute approximate surface area is 98.6 Å². The molecule has 0 amide bonds. The Morgan fingerprint density at radius 1 is 1.27 bits per heavy atom. The van der Waals surface area contributed by atoms with Crippen LogP contribution >= 0.6 is 24.0 Å². The van der Waals surface area contributed by atoms with E-state index in [0.717, 1.165) is 11.3 Å². The molecule has 1 heterocycles. The van der Waals surface area contributed by atoms with E-state index in [0.29, 0.717) is 17.3 Å². The predicted molar refractivity (Wildman–Crippen MR) is 62.1 cm³/mol. The molecule has 80 valence electrons. The second-order valence-electron chi connectivity index (χ2n) is 2.89. The molecule has 2 rings (SSSR count). The van der Waals surface area contributed by atoms with E-state index >= 15 is 0 Å². The van der Waals surface area contributed by atoms with E-state index in [1.54, 1.807) is 0 Å². The molecule has 0 unspecified atom stereocenters. The molecule has 0 aliphatic rings. The van der Waals surface area contributed by atoms with E-state index in [2.05, 4.69) is 5.16 Å². The van der Waals surface area contributed by atoms with Gasteiger partial charge in [0.2, 0.25) is 0 Å². The third-order valence-corrected chi connectivity index (χ3v) is 2.15. The zero-order chi connectivity index (χ0) is 9.97. The lowest BCUT2D eigenvalue weighted by Gasteiger charge is -1.93. The van der Waals surface area contributed by atoms with Crippen LogP contribution < -0.4 is 5.73 Å². The Hall–Kier alpha value is -1.03. The number of hydrogen-bond acceptors (Lipinski definition) is 3. The minimum atomic E-state index is 0. The first-order chi connectivity index (χ1) is 6.79. The van der Waals surface area contributed by atoms with Gasteiger partial charge in [0.05, 0.1) is 5.69 Å². The Balaban J connectivity index is 0.00000112. The van der Waals surface area contributed by atoms with Crippen LogP contribution in [-0.2, 0) is 6.54 Å². The molecule has 0 spiro atoms. The van der Waals surface area contributed by atoms with Gasteiger partial charge in [-0.1, -0.05) is 16.8 Å². The van der Waals surface area contributed by atoms with Gasteiger partial charge in [-0.05, 0) is 24.3 Å². The first-order valence-corrected chi connectivity index (χ1v) is 4.59. The maximum atomic E-state index is 5.77. The number of aromatic nitrogens is 1. The largest absolute Gasteiger partial charge is 0.356 e. The third-order valence-electron chi connectivity index (χ3n) is 1.90. The first kappa shape index (κ1) is 12.0. The summed E-state index contributed by atoms with van der Waals surface area (Å²) in [5.74, 6) is 0.710. The second kappa shape index (κ2) is 5.16. The molecule has 0 aliphatic heterocycles. The Morgan fingerprint density at radius 2 is 1.93 bits per heavy atom. The monoisotopic (exact) mass is 244 g/mol. The quantitative estimate of drug-likeness (QED) is 0.884. The van der Waals surface area contributed by atoms with Gasteiger partial charge in [-0.3, -0.25) is 0 Å². The van der Waals surface area contributed by atoms with E-state index in [1.807, 2.05) is 30.3 Å². The SMILES string of the molecule is Cl.NCc1cc(-c2ccc(Cl)cc2)on1. The molecular formula is C10H10Cl2N2O. The Kier molecular flexibility index (Phi) is 4.15. The molecule has 0 saturated heterocycles. The molecule has 5 heteroatoms. The van der Waals surface area contributed by atoms with Gasteiger partial charge in [-0.2, -0.15) is 0 Å². The fourth-order valence-electron chi connectivity index (χ4n) is 1.16. The number of nitrogens with two attached hydrogens (primary N) is 1. The third kappa shape index (κ3) is 2.72. The normalized spacial score (nSPS) is 9.73. The molecule has 1 aromatic carbocycles. The topological polar surface area (TPSA) is 52.0 Å². The maximum absolute atomic E-state index is 5.77. The molecule has 0 fully saturated rings. The number of rotatable bonds is 2. The van der Waals surface area contributed by atoms with Crippen LogP contribution in [0.5, 0.6) is 0 Å². The molecule has 0 saturated carbocycles. The lowest BCUT2D eigenvalue weighted by molar-refractivity contribution is 0.424. The summed E-state index contributed by atoms with van der Waals surface area (Å²) in [6.45, 7) is 0.386. The highest BCUT2D eigenvalue weighted by Crippen LogP contribution is 2.21. The van der Waals surface area contributed by atoms with Gasteiger partial charge < -0.3 is 10.3 Å². The van der Waals surface area contributed by atoms with E-state index in [4.69, 9.17) is 21.9 Å². The molecule has 2 N–H and O–H groups in total. The van der Waals surface area contributed by atoms with Gasteiger partial charge >= 0.3 is 0 Å². The van der Waals surface area contributed by atoms with Gasteiger partial charge in [0.1, 0.15) is 0 Å². The molecule has 1 aromatic heterocycles. The molecule has 0 atom stereocenters. The lowest BCUT2D eigenvalue weighted by atomic mass is 10.2. The summed E-state index contributed by atoms with van der Waals surface area (Å²) in [6.07, 6.45) is 0. The van der Waals surface area contributed by atoms with Crippen molar-refractivity contribution in [1.82, 2.24) is 5.16 Å². The fourth-order valence-corrected chi connectivity index (χ4v) is 1.28. The molecular weight excluding hydrogens is 235 g/mol. The highest BCUT2D eigenvalue weighted by molar-refractivity contribution is 6.30. The van der Waals surface area contributed by atoms with Crippen LogP contribution in [-0.4, -0.2) is 5.16 Å². The molecule has 0 bridgehead atoms. The summed E-state index contributed by atoms with van der Waals surface area (Å²) in [7, 11) is 0. The van der Waals surface area contributed by atoms with Crippen molar-refractivity contribution in [3.8, 4) is 11.3 Å². The summed E-state index contributed by atoms with van der Waals surface area (Å²) in [5, 5.41) is 4.50.